The van der Waals surface area contributed by atoms with Crippen LogP contribution in [0, 0.1) is 6.92 Å². The molecule has 0 spiro atoms. The molecule has 1 aromatic carbocycles. The van der Waals surface area contributed by atoms with Gasteiger partial charge in [0.25, 0.3) is 5.91 Å². The molecule has 0 radical (unpaired) electrons. The van der Waals surface area contributed by atoms with Gasteiger partial charge in [-0.3, -0.25) is 10.1 Å². The minimum absolute atomic E-state index is 0.0156. The molecule has 1 aromatic heterocycles. The molecule has 2 N–H and O–H groups in total. The molecule has 2 rings (SSSR count). The summed E-state index contributed by atoms with van der Waals surface area (Å²) in [4.78, 5) is 16.3. The van der Waals surface area contributed by atoms with Gasteiger partial charge in [0.05, 0.1) is 11.3 Å². The minimum atomic E-state index is -0.345. The van der Waals surface area contributed by atoms with Crippen LogP contribution in [0.5, 0.6) is 5.75 Å². The molecule has 0 fully saturated rings. The lowest BCUT2D eigenvalue weighted by molar-refractivity contribution is 0.102. The van der Waals surface area contributed by atoms with E-state index < -0.39 is 0 Å². The number of hydrogen-bond donors (Lipinski definition) is 2. The quantitative estimate of drug-likeness (QED) is 0.901. The van der Waals surface area contributed by atoms with Crippen molar-refractivity contribution in [2.45, 2.75) is 26.7 Å². The van der Waals surface area contributed by atoms with Crippen molar-refractivity contribution in [1.82, 2.24) is 4.98 Å². The van der Waals surface area contributed by atoms with Crippen molar-refractivity contribution in [2.24, 2.45) is 0 Å². The van der Waals surface area contributed by atoms with Gasteiger partial charge in [0.2, 0.25) is 0 Å². The van der Waals surface area contributed by atoms with Gasteiger partial charge in [-0.05, 0) is 30.5 Å². The maximum absolute atomic E-state index is 12.0. The number of anilines is 1. The number of aryl methyl sites for hydroxylation is 1. The van der Waals surface area contributed by atoms with Crippen LogP contribution >= 0.6 is 11.3 Å². The summed E-state index contributed by atoms with van der Waals surface area (Å²) in [5.74, 6) is -0.0324. The second-order valence-corrected chi connectivity index (χ2v) is 5.57. The van der Waals surface area contributed by atoms with E-state index in [4.69, 9.17) is 0 Å². The summed E-state index contributed by atoms with van der Waals surface area (Å²) < 4.78 is 0. The smallest absolute Gasteiger partial charge is 0.261 e. The maximum atomic E-state index is 12.0. The largest absolute Gasteiger partial charge is 0.507 e. The first-order valence-electron chi connectivity index (χ1n) is 6.03. The van der Waals surface area contributed by atoms with Crippen molar-refractivity contribution in [1.29, 1.82) is 0 Å². The van der Waals surface area contributed by atoms with Gasteiger partial charge in [-0.2, -0.15) is 0 Å². The van der Waals surface area contributed by atoms with E-state index in [0.717, 1.165) is 11.3 Å². The van der Waals surface area contributed by atoms with E-state index in [0.29, 0.717) is 11.0 Å². The number of phenols is 1. The Labute approximate surface area is 116 Å². The highest BCUT2D eigenvalue weighted by molar-refractivity contribution is 7.14. The molecule has 0 saturated heterocycles. The molecule has 0 aliphatic rings. The van der Waals surface area contributed by atoms with Gasteiger partial charge in [-0.1, -0.05) is 19.9 Å². The van der Waals surface area contributed by atoms with E-state index >= 15 is 0 Å². The third-order valence-corrected chi connectivity index (χ3v) is 3.51. The van der Waals surface area contributed by atoms with Crippen LogP contribution in [0.4, 0.5) is 5.13 Å². The van der Waals surface area contributed by atoms with Crippen LogP contribution in [-0.2, 0) is 0 Å². The van der Waals surface area contributed by atoms with Gasteiger partial charge in [0.1, 0.15) is 5.75 Å². The lowest BCUT2D eigenvalue weighted by atomic mass is 10.1. The van der Waals surface area contributed by atoms with E-state index in [1.807, 2.05) is 26.2 Å². The van der Waals surface area contributed by atoms with E-state index in [9.17, 15) is 9.90 Å². The molecule has 5 heteroatoms. The normalized spacial score (nSPS) is 10.7. The summed E-state index contributed by atoms with van der Waals surface area (Å²) in [7, 11) is 0. The molecule has 0 saturated carbocycles. The van der Waals surface area contributed by atoms with E-state index in [1.54, 1.807) is 18.2 Å². The molecule has 1 heterocycles. The van der Waals surface area contributed by atoms with Crippen molar-refractivity contribution in [3.8, 4) is 5.75 Å². The summed E-state index contributed by atoms with van der Waals surface area (Å²) in [6.07, 6.45) is 0. The molecular formula is C14H16N2O2S. The summed E-state index contributed by atoms with van der Waals surface area (Å²) in [6.45, 7) is 5.95. The molecule has 19 heavy (non-hydrogen) atoms. The Hall–Kier alpha value is -1.88. The van der Waals surface area contributed by atoms with Gasteiger partial charge >= 0.3 is 0 Å². The highest BCUT2D eigenvalue weighted by atomic mass is 32.1. The lowest BCUT2D eigenvalue weighted by Crippen LogP contribution is -2.12. The molecule has 100 valence electrons. The Morgan fingerprint density at radius 1 is 1.42 bits per heavy atom. The molecule has 0 unspecified atom stereocenters. The highest BCUT2D eigenvalue weighted by Crippen LogP contribution is 2.24. The van der Waals surface area contributed by atoms with Crippen LogP contribution in [0.3, 0.4) is 0 Å². The van der Waals surface area contributed by atoms with Gasteiger partial charge < -0.3 is 5.11 Å². The van der Waals surface area contributed by atoms with E-state index in [-0.39, 0.29) is 17.2 Å². The maximum Gasteiger partial charge on any atom is 0.261 e. The number of benzene rings is 1. The Kier molecular flexibility index (Phi) is 3.85. The average Bonchev–Trinajstić information content (AvgIpc) is 2.77. The van der Waals surface area contributed by atoms with E-state index in [1.165, 1.54) is 11.3 Å². The van der Waals surface area contributed by atoms with Crippen molar-refractivity contribution in [3.63, 3.8) is 0 Å². The number of hydrogen-bond acceptors (Lipinski definition) is 4. The SMILES string of the molecule is Cc1ccc(C(=O)Nc2nc(C(C)C)cs2)c(O)c1. The zero-order valence-electron chi connectivity index (χ0n) is 11.1. The monoisotopic (exact) mass is 276 g/mol. The Morgan fingerprint density at radius 2 is 2.16 bits per heavy atom. The molecular weight excluding hydrogens is 260 g/mol. The number of nitrogens with zero attached hydrogens (tertiary/aromatic N) is 1. The van der Waals surface area contributed by atoms with Crippen molar-refractivity contribution >= 4 is 22.4 Å². The van der Waals surface area contributed by atoms with Gasteiger partial charge in [-0.15, -0.1) is 11.3 Å². The fourth-order valence-electron chi connectivity index (χ4n) is 1.61. The minimum Gasteiger partial charge on any atom is -0.507 e. The van der Waals surface area contributed by atoms with Crippen molar-refractivity contribution in [2.75, 3.05) is 5.32 Å². The standard InChI is InChI=1S/C14H16N2O2S/c1-8(2)11-7-19-14(15-11)16-13(18)10-5-4-9(3)6-12(10)17/h4-8,17H,1-3H3,(H,15,16,18). The molecule has 1 amide bonds. The van der Waals surface area contributed by atoms with Crippen LogP contribution in [0.1, 0.15) is 41.4 Å². The first kappa shape index (κ1) is 13.5. The number of thiazole rings is 1. The molecule has 2 aromatic rings. The second-order valence-electron chi connectivity index (χ2n) is 4.71. The summed E-state index contributed by atoms with van der Waals surface area (Å²) >= 11 is 1.39. The Morgan fingerprint density at radius 3 is 2.74 bits per heavy atom. The predicted octanol–water partition coefficient (Wildman–Crippen LogP) is 3.53. The third kappa shape index (κ3) is 3.12. The summed E-state index contributed by atoms with van der Waals surface area (Å²) in [6, 6.07) is 4.96. The zero-order valence-corrected chi connectivity index (χ0v) is 11.9. The van der Waals surface area contributed by atoms with Crippen LogP contribution in [0.25, 0.3) is 0 Å². The van der Waals surface area contributed by atoms with E-state index in [2.05, 4.69) is 10.3 Å². The highest BCUT2D eigenvalue weighted by Gasteiger charge is 2.13. The topological polar surface area (TPSA) is 62.2 Å². The molecule has 0 bridgehead atoms. The van der Waals surface area contributed by atoms with Gasteiger partial charge in [0, 0.05) is 5.38 Å². The third-order valence-electron chi connectivity index (χ3n) is 2.73. The van der Waals surface area contributed by atoms with Crippen LogP contribution in [-0.4, -0.2) is 16.0 Å². The zero-order chi connectivity index (χ0) is 14.0. The van der Waals surface area contributed by atoms with Crippen LogP contribution in [0.15, 0.2) is 23.6 Å². The number of nitrogens with one attached hydrogen (secondary N) is 1. The summed E-state index contributed by atoms with van der Waals surface area (Å²) in [5.41, 5.74) is 2.12. The first-order valence-corrected chi connectivity index (χ1v) is 6.91. The fourth-order valence-corrected chi connectivity index (χ4v) is 2.47. The number of aromatic hydroxyl groups is 1. The number of carbonyl (C=O) groups excluding carboxylic acids is 1. The van der Waals surface area contributed by atoms with Crippen LogP contribution < -0.4 is 5.32 Å². The van der Waals surface area contributed by atoms with Crippen molar-refractivity contribution < 1.29 is 9.90 Å². The Bertz CT molecular complexity index is 605. The predicted molar refractivity (Wildman–Crippen MR) is 77.0 cm³/mol. The number of amides is 1. The molecule has 0 aliphatic carbocycles. The number of rotatable bonds is 3. The Balaban J connectivity index is 2.16. The average molecular weight is 276 g/mol. The number of aromatic nitrogens is 1. The fraction of sp³-hybridized carbons (Fsp3) is 0.286. The van der Waals surface area contributed by atoms with Gasteiger partial charge in [0.15, 0.2) is 5.13 Å². The van der Waals surface area contributed by atoms with Gasteiger partial charge in [-0.25, -0.2) is 4.98 Å². The second kappa shape index (κ2) is 5.40. The molecule has 0 aliphatic heterocycles. The van der Waals surface area contributed by atoms with Crippen LogP contribution in [0.2, 0.25) is 0 Å². The lowest BCUT2D eigenvalue weighted by Gasteiger charge is -2.05. The first-order chi connectivity index (χ1) is 8.97. The number of phenolic OH excluding ortho intramolecular Hbond substituents is 1. The van der Waals surface area contributed by atoms with Crippen molar-refractivity contribution in [3.05, 3.63) is 40.4 Å². The molecule has 0 atom stereocenters. The number of carbonyl (C=O) groups is 1. The summed E-state index contributed by atoms with van der Waals surface area (Å²) in [5, 5.41) is 14.9. The molecule has 4 nitrogen and oxygen atoms in total.